The van der Waals surface area contributed by atoms with E-state index in [9.17, 15) is 5.11 Å². The maximum absolute atomic E-state index is 10.3. The SMILES string of the molecule is C=CCCCCCCCC(O)OCCC(CCCCCCCC=C)OCCC(CCCCCCCC=C)OCCN. The molecule has 0 saturated carbocycles. The van der Waals surface area contributed by atoms with Gasteiger partial charge in [0.15, 0.2) is 6.29 Å². The maximum Gasteiger partial charge on any atom is 0.154 e. The first-order chi connectivity index (χ1) is 20.2. The van der Waals surface area contributed by atoms with Crippen molar-refractivity contribution in [3.63, 3.8) is 0 Å². The van der Waals surface area contributed by atoms with E-state index in [2.05, 4.69) is 19.7 Å². The number of aliphatic hydroxyl groups excluding tert-OH is 1. The second-order valence-electron chi connectivity index (χ2n) is 11.6. The number of allylic oxidation sites excluding steroid dienone is 3. The summed E-state index contributed by atoms with van der Waals surface area (Å²) >= 11 is 0. The Bertz CT molecular complexity index is 556. The van der Waals surface area contributed by atoms with Crippen molar-refractivity contribution in [3.05, 3.63) is 38.0 Å². The van der Waals surface area contributed by atoms with Crippen LogP contribution in [-0.4, -0.2) is 50.0 Å². The molecule has 0 aliphatic carbocycles. The number of rotatable bonds is 35. The fraction of sp³-hybridized carbons (Fsp3) is 0.833. The molecule has 3 unspecified atom stereocenters. The van der Waals surface area contributed by atoms with E-state index in [1.54, 1.807) is 0 Å². The Morgan fingerprint density at radius 1 is 0.463 bits per heavy atom. The molecular weight excluding hydrogens is 510 g/mol. The molecule has 0 fully saturated rings. The molecule has 0 radical (unpaired) electrons. The number of aliphatic hydroxyl groups is 1. The van der Waals surface area contributed by atoms with Gasteiger partial charge in [0.25, 0.3) is 0 Å². The molecular formula is C36H69NO4. The van der Waals surface area contributed by atoms with Crippen LogP contribution in [0, 0.1) is 0 Å². The summed E-state index contributed by atoms with van der Waals surface area (Å²) in [5.41, 5.74) is 5.72. The fourth-order valence-electron chi connectivity index (χ4n) is 5.16. The van der Waals surface area contributed by atoms with Crippen LogP contribution in [0.2, 0.25) is 0 Å². The van der Waals surface area contributed by atoms with E-state index in [-0.39, 0.29) is 12.2 Å². The van der Waals surface area contributed by atoms with Gasteiger partial charge in [-0.05, 0) is 77.0 Å². The Morgan fingerprint density at radius 2 is 0.829 bits per heavy atom. The van der Waals surface area contributed by atoms with Crippen LogP contribution >= 0.6 is 0 Å². The van der Waals surface area contributed by atoms with Gasteiger partial charge in [0.05, 0.1) is 25.4 Å². The summed E-state index contributed by atoms with van der Waals surface area (Å²) in [6.07, 6.45) is 31.9. The zero-order valence-corrected chi connectivity index (χ0v) is 26.9. The monoisotopic (exact) mass is 580 g/mol. The Balaban J connectivity index is 4.41. The summed E-state index contributed by atoms with van der Waals surface area (Å²) < 4.78 is 18.2. The van der Waals surface area contributed by atoms with Gasteiger partial charge in [-0.2, -0.15) is 0 Å². The van der Waals surface area contributed by atoms with Crippen molar-refractivity contribution in [2.24, 2.45) is 5.73 Å². The first-order valence-electron chi connectivity index (χ1n) is 17.2. The van der Waals surface area contributed by atoms with Crippen molar-refractivity contribution >= 4 is 0 Å². The molecule has 0 spiro atoms. The van der Waals surface area contributed by atoms with E-state index in [1.165, 1.54) is 83.5 Å². The Labute approximate surface area is 255 Å². The van der Waals surface area contributed by atoms with Gasteiger partial charge in [0, 0.05) is 13.2 Å². The highest BCUT2D eigenvalue weighted by Crippen LogP contribution is 2.17. The standard InChI is InChI=1S/C36H69NO4/c1-4-7-10-13-16-19-22-25-34(29-32-41-36(38)27-24-21-18-15-12-9-6-3)39-31-28-35(40-33-30-37)26-23-20-17-14-11-8-5-2/h4-6,34-36,38H,1-3,7-33,37H2. The topological polar surface area (TPSA) is 73.9 Å². The van der Waals surface area contributed by atoms with E-state index in [4.69, 9.17) is 19.9 Å². The minimum atomic E-state index is -0.667. The average molecular weight is 580 g/mol. The lowest BCUT2D eigenvalue weighted by atomic mass is 10.0. The van der Waals surface area contributed by atoms with Crippen molar-refractivity contribution in [3.8, 4) is 0 Å². The molecule has 0 rings (SSSR count). The van der Waals surface area contributed by atoms with Crippen molar-refractivity contribution < 1.29 is 19.3 Å². The van der Waals surface area contributed by atoms with E-state index >= 15 is 0 Å². The quantitative estimate of drug-likeness (QED) is 0.0444. The molecule has 0 saturated heterocycles. The van der Waals surface area contributed by atoms with Crippen molar-refractivity contribution in [1.82, 2.24) is 0 Å². The van der Waals surface area contributed by atoms with Crippen LogP contribution in [0.15, 0.2) is 38.0 Å². The molecule has 0 aliphatic heterocycles. The zero-order valence-electron chi connectivity index (χ0n) is 26.9. The van der Waals surface area contributed by atoms with Gasteiger partial charge in [0.1, 0.15) is 0 Å². The van der Waals surface area contributed by atoms with Crippen LogP contribution in [-0.2, 0) is 14.2 Å². The molecule has 5 nitrogen and oxygen atoms in total. The van der Waals surface area contributed by atoms with E-state index in [0.29, 0.717) is 32.8 Å². The van der Waals surface area contributed by atoms with Crippen LogP contribution in [0.5, 0.6) is 0 Å². The Kier molecular flexibility index (Phi) is 32.7. The normalized spacial score (nSPS) is 13.6. The number of nitrogens with two attached hydrogens (primary N) is 1. The lowest BCUT2D eigenvalue weighted by molar-refractivity contribution is -0.113. The van der Waals surface area contributed by atoms with Crippen molar-refractivity contribution in [2.75, 3.05) is 26.4 Å². The molecule has 41 heavy (non-hydrogen) atoms. The molecule has 5 heteroatoms. The molecule has 0 bridgehead atoms. The second-order valence-corrected chi connectivity index (χ2v) is 11.6. The van der Waals surface area contributed by atoms with Gasteiger partial charge in [0.2, 0.25) is 0 Å². The molecule has 242 valence electrons. The van der Waals surface area contributed by atoms with Crippen molar-refractivity contribution in [2.45, 2.75) is 166 Å². The minimum Gasteiger partial charge on any atom is -0.378 e. The highest BCUT2D eigenvalue weighted by molar-refractivity contribution is 4.68. The fourth-order valence-corrected chi connectivity index (χ4v) is 5.16. The third kappa shape index (κ3) is 30.3. The molecule has 3 N–H and O–H groups in total. The van der Waals surface area contributed by atoms with Crippen LogP contribution < -0.4 is 5.73 Å². The van der Waals surface area contributed by atoms with Crippen LogP contribution in [0.25, 0.3) is 0 Å². The van der Waals surface area contributed by atoms with E-state index in [1.807, 2.05) is 18.2 Å². The molecule has 0 heterocycles. The molecule has 3 atom stereocenters. The first kappa shape index (κ1) is 40.0. The third-order valence-corrected chi connectivity index (χ3v) is 7.74. The lowest BCUT2D eigenvalue weighted by Crippen LogP contribution is -2.23. The van der Waals surface area contributed by atoms with Crippen LogP contribution in [0.3, 0.4) is 0 Å². The highest BCUT2D eigenvalue weighted by Gasteiger charge is 2.14. The largest absolute Gasteiger partial charge is 0.378 e. The predicted octanol–water partition coefficient (Wildman–Crippen LogP) is 9.58. The van der Waals surface area contributed by atoms with Crippen LogP contribution in [0.4, 0.5) is 0 Å². The molecule has 0 amide bonds. The molecule has 0 aromatic carbocycles. The van der Waals surface area contributed by atoms with E-state index in [0.717, 1.165) is 57.8 Å². The minimum absolute atomic E-state index is 0.167. The summed E-state index contributed by atoms with van der Waals surface area (Å²) in [5, 5.41) is 10.3. The molecule has 0 aromatic rings. The van der Waals surface area contributed by atoms with Gasteiger partial charge < -0.3 is 25.1 Å². The summed E-state index contributed by atoms with van der Waals surface area (Å²) in [4.78, 5) is 0. The first-order valence-corrected chi connectivity index (χ1v) is 17.2. The van der Waals surface area contributed by atoms with Crippen molar-refractivity contribution in [1.29, 1.82) is 0 Å². The average Bonchev–Trinajstić information content (AvgIpc) is 2.97. The number of hydrogen-bond donors (Lipinski definition) is 2. The second kappa shape index (κ2) is 33.5. The zero-order chi connectivity index (χ0) is 30.1. The van der Waals surface area contributed by atoms with Gasteiger partial charge in [-0.25, -0.2) is 0 Å². The number of unbranched alkanes of at least 4 members (excludes halogenated alkanes) is 15. The summed E-state index contributed by atoms with van der Waals surface area (Å²) in [6, 6.07) is 0. The molecule has 0 aromatic heterocycles. The summed E-state index contributed by atoms with van der Waals surface area (Å²) in [6.45, 7) is 13.8. The summed E-state index contributed by atoms with van der Waals surface area (Å²) in [5.74, 6) is 0. The number of ether oxygens (including phenoxy) is 3. The highest BCUT2D eigenvalue weighted by atomic mass is 16.6. The smallest absolute Gasteiger partial charge is 0.154 e. The lowest BCUT2D eigenvalue weighted by Gasteiger charge is -2.22. The predicted molar refractivity (Wildman–Crippen MR) is 177 cm³/mol. The van der Waals surface area contributed by atoms with Gasteiger partial charge in [-0.15, -0.1) is 19.7 Å². The maximum atomic E-state index is 10.3. The van der Waals surface area contributed by atoms with Gasteiger partial charge >= 0.3 is 0 Å². The van der Waals surface area contributed by atoms with E-state index < -0.39 is 6.29 Å². The van der Waals surface area contributed by atoms with Gasteiger partial charge in [-0.1, -0.05) is 88.9 Å². The number of hydrogen-bond acceptors (Lipinski definition) is 5. The third-order valence-electron chi connectivity index (χ3n) is 7.74. The van der Waals surface area contributed by atoms with Crippen LogP contribution in [0.1, 0.15) is 148 Å². The Hall–Kier alpha value is -0.980. The molecule has 0 aliphatic rings. The van der Waals surface area contributed by atoms with Gasteiger partial charge in [-0.3, -0.25) is 0 Å². The summed E-state index contributed by atoms with van der Waals surface area (Å²) in [7, 11) is 0. The Morgan fingerprint density at radius 3 is 1.27 bits per heavy atom.